The lowest BCUT2D eigenvalue weighted by Gasteiger charge is -2.27. The summed E-state index contributed by atoms with van der Waals surface area (Å²) in [5.74, 6) is -1.54. The molecule has 0 aliphatic carbocycles. The summed E-state index contributed by atoms with van der Waals surface area (Å²) in [5.41, 5.74) is 7.67. The lowest BCUT2D eigenvalue weighted by molar-refractivity contribution is -0.136. The van der Waals surface area contributed by atoms with Gasteiger partial charge >= 0.3 is 0 Å². The fraction of sp³-hybridized carbons (Fsp3) is 0.261. The van der Waals surface area contributed by atoms with Crippen LogP contribution in [-0.4, -0.2) is 45.5 Å². The predicted octanol–water partition coefficient (Wildman–Crippen LogP) is 2.84. The number of hydrogen-bond acceptors (Lipinski definition) is 5. The number of amides is 1. The van der Waals surface area contributed by atoms with E-state index in [4.69, 9.17) is 10.5 Å². The number of halogens is 2. The van der Waals surface area contributed by atoms with Gasteiger partial charge in [0.2, 0.25) is 5.91 Å². The van der Waals surface area contributed by atoms with Crippen LogP contribution in [0.4, 0.5) is 8.78 Å². The predicted molar refractivity (Wildman–Crippen MR) is 114 cm³/mol. The Kier molecular flexibility index (Phi) is 6.67. The molecule has 1 aliphatic heterocycles. The first-order valence-corrected chi connectivity index (χ1v) is 10.2. The van der Waals surface area contributed by atoms with Gasteiger partial charge in [-0.25, -0.2) is 13.5 Å². The lowest BCUT2D eigenvalue weighted by Crippen LogP contribution is -2.37. The number of carbonyl (C=O) groups is 1. The highest BCUT2D eigenvalue weighted by Crippen LogP contribution is 2.29. The first-order valence-electron chi connectivity index (χ1n) is 10.2. The molecule has 0 fully saturated rings. The van der Waals surface area contributed by atoms with Crippen LogP contribution in [0, 0.1) is 11.6 Å². The van der Waals surface area contributed by atoms with Crippen LogP contribution in [0.3, 0.4) is 0 Å². The van der Waals surface area contributed by atoms with Crippen molar-refractivity contribution in [3.63, 3.8) is 0 Å². The van der Waals surface area contributed by atoms with Crippen LogP contribution < -0.4 is 5.73 Å². The second-order valence-electron chi connectivity index (χ2n) is 7.44. The summed E-state index contributed by atoms with van der Waals surface area (Å²) >= 11 is 0. The standard InChI is InChI=1S/C23H23F2N5O2/c24-20-10-19(30-13-18(12-26)27-28-30)11-21(25)23(20)17-6-8-29(9-7-17)22(31)15-32-14-16-4-2-1-3-5-16/h1-6,10-11,13H,7-9,12,14-15,26H2. The maximum Gasteiger partial charge on any atom is 0.248 e. The molecular weight excluding hydrogens is 416 g/mol. The largest absolute Gasteiger partial charge is 0.367 e. The van der Waals surface area contributed by atoms with Crippen LogP contribution in [0.1, 0.15) is 23.2 Å². The van der Waals surface area contributed by atoms with E-state index in [0.717, 1.165) is 5.56 Å². The van der Waals surface area contributed by atoms with Crippen molar-refractivity contribution in [3.8, 4) is 5.69 Å². The van der Waals surface area contributed by atoms with Gasteiger partial charge in [0.1, 0.15) is 18.2 Å². The van der Waals surface area contributed by atoms with Gasteiger partial charge in [0.25, 0.3) is 0 Å². The van der Waals surface area contributed by atoms with Gasteiger partial charge in [-0.15, -0.1) is 5.10 Å². The topological polar surface area (TPSA) is 86.3 Å². The molecule has 166 valence electrons. The minimum absolute atomic E-state index is 0.0435. The Morgan fingerprint density at radius 2 is 1.91 bits per heavy atom. The van der Waals surface area contributed by atoms with Gasteiger partial charge in [-0.05, 0) is 17.6 Å². The minimum atomic E-state index is -0.693. The third-order valence-electron chi connectivity index (χ3n) is 5.26. The smallest absolute Gasteiger partial charge is 0.248 e. The highest BCUT2D eigenvalue weighted by Gasteiger charge is 2.22. The molecule has 0 saturated heterocycles. The van der Waals surface area contributed by atoms with E-state index < -0.39 is 11.6 Å². The van der Waals surface area contributed by atoms with E-state index in [2.05, 4.69) is 10.3 Å². The molecule has 1 aliphatic rings. The van der Waals surface area contributed by atoms with Crippen LogP contribution in [0.15, 0.2) is 54.7 Å². The van der Waals surface area contributed by atoms with E-state index in [9.17, 15) is 13.6 Å². The molecule has 3 aromatic rings. The molecule has 4 rings (SSSR count). The second kappa shape index (κ2) is 9.80. The van der Waals surface area contributed by atoms with Crippen molar-refractivity contribution in [3.05, 3.63) is 83.2 Å². The molecule has 2 N–H and O–H groups in total. The Labute approximate surface area is 184 Å². The Hall–Kier alpha value is -3.43. The molecule has 0 saturated carbocycles. The summed E-state index contributed by atoms with van der Waals surface area (Å²) in [4.78, 5) is 14.0. The fourth-order valence-corrected chi connectivity index (χ4v) is 3.56. The number of benzene rings is 2. The number of carbonyl (C=O) groups excluding carboxylic acids is 1. The van der Waals surface area contributed by atoms with Gasteiger partial charge in [-0.1, -0.05) is 41.6 Å². The highest BCUT2D eigenvalue weighted by molar-refractivity contribution is 5.79. The highest BCUT2D eigenvalue weighted by atomic mass is 19.1. The Morgan fingerprint density at radius 3 is 2.53 bits per heavy atom. The minimum Gasteiger partial charge on any atom is -0.367 e. The van der Waals surface area contributed by atoms with Crippen molar-refractivity contribution in [2.75, 3.05) is 19.7 Å². The van der Waals surface area contributed by atoms with Crippen molar-refractivity contribution < 1.29 is 18.3 Å². The maximum absolute atomic E-state index is 14.8. The number of hydrogen-bond donors (Lipinski definition) is 1. The molecule has 1 amide bonds. The molecule has 7 nitrogen and oxygen atoms in total. The second-order valence-corrected chi connectivity index (χ2v) is 7.44. The molecule has 0 unspecified atom stereocenters. The molecule has 0 atom stereocenters. The van der Waals surface area contributed by atoms with E-state index in [-0.39, 0.29) is 36.9 Å². The molecule has 2 aromatic carbocycles. The Bertz CT molecular complexity index is 1110. The number of nitrogens with two attached hydrogens (primary N) is 1. The zero-order chi connectivity index (χ0) is 22.5. The summed E-state index contributed by atoms with van der Waals surface area (Å²) in [6, 6.07) is 12.0. The molecule has 9 heteroatoms. The van der Waals surface area contributed by atoms with Gasteiger partial charge in [0.15, 0.2) is 0 Å². The van der Waals surface area contributed by atoms with Crippen LogP contribution in [0.25, 0.3) is 11.3 Å². The molecule has 0 bridgehead atoms. The summed E-state index contributed by atoms with van der Waals surface area (Å²) in [7, 11) is 0. The van der Waals surface area contributed by atoms with E-state index in [1.54, 1.807) is 11.0 Å². The summed E-state index contributed by atoms with van der Waals surface area (Å²) in [5, 5.41) is 7.67. The average molecular weight is 439 g/mol. The lowest BCUT2D eigenvalue weighted by atomic mass is 9.98. The molecule has 1 aromatic heterocycles. The van der Waals surface area contributed by atoms with Crippen molar-refractivity contribution in [1.82, 2.24) is 19.9 Å². The maximum atomic E-state index is 14.8. The normalized spacial score (nSPS) is 13.8. The summed E-state index contributed by atoms with van der Waals surface area (Å²) in [6.45, 7) is 1.12. The summed E-state index contributed by atoms with van der Waals surface area (Å²) in [6.07, 6.45) is 3.55. The zero-order valence-corrected chi connectivity index (χ0v) is 17.4. The van der Waals surface area contributed by atoms with Crippen LogP contribution >= 0.6 is 0 Å². The van der Waals surface area contributed by atoms with Crippen molar-refractivity contribution in [2.45, 2.75) is 19.6 Å². The quantitative estimate of drug-likeness (QED) is 0.612. The molecular formula is C23H23F2N5O2. The van der Waals surface area contributed by atoms with E-state index in [1.807, 2.05) is 30.3 Å². The monoisotopic (exact) mass is 439 g/mol. The van der Waals surface area contributed by atoms with Crippen LogP contribution in [0.2, 0.25) is 0 Å². The third kappa shape index (κ3) is 4.90. The van der Waals surface area contributed by atoms with Crippen molar-refractivity contribution in [1.29, 1.82) is 0 Å². The van der Waals surface area contributed by atoms with Gasteiger partial charge < -0.3 is 15.4 Å². The number of aromatic nitrogens is 3. The zero-order valence-electron chi connectivity index (χ0n) is 17.4. The Balaban J connectivity index is 1.39. The Morgan fingerprint density at radius 1 is 1.16 bits per heavy atom. The number of ether oxygens (including phenoxy) is 1. The van der Waals surface area contributed by atoms with E-state index in [0.29, 0.717) is 30.8 Å². The SMILES string of the molecule is NCc1cn(-c2cc(F)c(C3=CCN(C(=O)COCc4ccccc4)CC3)c(F)c2)nn1. The first kappa shape index (κ1) is 21.8. The third-order valence-corrected chi connectivity index (χ3v) is 5.26. The summed E-state index contributed by atoms with van der Waals surface area (Å²) < 4.78 is 36.3. The fourth-order valence-electron chi connectivity index (χ4n) is 3.56. The number of rotatable bonds is 7. The van der Waals surface area contributed by atoms with Crippen LogP contribution in [0.5, 0.6) is 0 Å². The van der Waals surface area contributed by atoms with Gasteiger partial charge in [0, 0.05) is 37.3 Å². The molecule has 32 heavy (non-hydrogen) atoms. The number of nitrogens with zero attached hydrogens (tertiary/aromatic N) is 4. The molecule has 0 radical (unpaired) electrons. The van der Waals surface area contributed by atoms with Gasteiger partial charge in [0.05, 0.1) is 24.2 Å². The van der Waals surface area contributed by atoms with E-state index >= 15 is 0 Å². The molecule has 2 heterocycles. The van der Waals surface area contributed by atoms with Gasteiger partial charge in [-0.3, -0.25) is 4.79 Å². The average Bonchev–Trinajstić information content (AvgIpc) is 3.29. The van der Waals surface area contributed by atoms with Gasteiger partial charge in [-0.2, -0.15) is 0 Å². The first-order chi connectivity index (χ1) is 15.5. The molecule has 0 spiro atoms. The van der Waals surface area contributed by atoms with Crippen molar-refractivity contribution in [2.24, 2.45) is 5.73 Å². The van der Waals surface area contributed by atoms with Crippen molar-refractivity contribution >= 4 is 11.5 Å². The van der Waals surface area contributed by atoms with E-state index in [1.165, 1.54) is 23.0 Å². The van der Waals surface area contributed by atoms with Crippen LogP contribution in [-0.2, 0) is 22.7 Å².